The minimum atomic E-state index is 0.596. The van der Waals surface area contributed by atoms with Gasteiger partial charge in [-0.3, -0.25) is 4.98 Å². The van der Waals surface area contributed by atoms with E-state index in [4.69, 9.17) is 9.47 Å². The summed E-state index contributed by atoms with van der Waals surface area (Å²) < 4.78 is 11.6. The van der Waals surface area contributed by atoms with Crippen molar-refractivity contribution in [3.8, 4) is 11.4 Å². The number of aromatic nitrogens is 3. The molecule has 3 heterocycles. The van der Waals surface area contributed by atoms with Crippen LogP contribution in [0.1, 0.15) is 24.2 Å². The summed E-state index contributed by atoms with van der Waals surface area (Å²) in [5, 5.41) is 0. The lowest BCUT2D eigenvalue weighted by Crippen LogP contribution is -2.04. The second-order valence-corrected chi connectivity index (χ2v) is 5.65. The number of aromatic amines is 1. The van der Waals surface area contributed by atoms with Gasteiger partial charge >= 0.3 is 0 Å². The smallest absolute Gasteiger partial charge is 0.188 e. The fraction of sp³-hybridized carbons (Fsp3) is 0.158. The second kappa shape index (κ2) is 6.20. The summed E-state index contributed by atoms with van der Waals surface area (Å²) in [6.45, 7) is 1.96. The van der Waals surface area contributed by atoms with Crippen molar-refractivity contribution in [2.75, 3.05) is 0 Å². The van der Waals surface area contributed by atoms with Crippen molar-refractivity contribution in [1.82, 2.24) is 15.0 Å². The first-order valence-corrected chi connectivity index (χ1v) is 7.89. The van der Waals surface area contributed by atoms with Gasteiger partial charge in [-0.15, -0.1) is 0 Å². The fourth-order valence-corrected chi connectivity index (χ4v) is 2.73. The molecule has 0 saturated carbocycles. The Bertz CT molecular complexity index is 888. The summed E-state index contributed by atoms with van der Waals surface area (Å²) >= 11 is 0. The summed E-state index contributed by atoms with van der Waals surface area (Å²) in [5.41, 5.74) is 4.36. The van der Waals surface area contributed by atoms with Crippen molar-refractivity contribution in [1.29, 1.82) is 0 Å². The van der Waals surface area contributed by atoms with E-state index in [1.165, 1.54) is 0 Å². The van der Waals surface area contributed by atoms with Crippen LogP contribution in [0.15, 0.2) is 66.6 Å². The molecule has 5 nitrogen and oxygen atoms in total. The van der Waals surface area contributed by atoms with Crippen LogP contribution < -0.4 is 0 Å². The fourth-order valence-electron chi connectivity index (χ4n) is 2.73. The van der Waals surface area contributed by atoms with Crippen LogP contribution in [0.4, 0.5) is 0 Å². The first-order chi connectivity index (χ1) is 11.8. The molecule has 5 heteroatoms. The molecule has 24 heavy (non-hydrogen) atoms. The molecular weight excluding hydrogens is 302 g/mol. The number of allylic oxidation sites excluding steroid dienone is 4. The van der Waals surface area contributed by atoms with Gasteiger partial charge in [0.1, 0.15) is 23.9 Å². The molecule has 2 aromatic heterocycles. The van der Waals surface area contributed by atoms with Gasteiger partial charge in [0.05, 0.1) is 12.0 Å². The van der Waals surface area contributed by atoms with Crippen molar-refractivity contribution < 1.29 is 9.47 Å². The monoisotopic (exact) mass is 319 g/mol. The van der Waals surface area contributed by atoms with E-state index in [2.05, 4.69) is 27.1 Å². The third-order valence-corrected chi connectivity index (χ3v) is 3.92. The van der Waals surface area contributed by atoms with Gasteiger partial charge in [0.25, 0.3) is 0 Å². The molecule has 0 aromatic carbocycles. The number of imidazole rings is 1. The molecule has 1 N–H and O–H groups in total. The average Bonchev–Trinajstić information content (AvgIpc) is 3.12. The Morgan fingerprint density at radius 1 is 1.17 bits per heavy atom. The highest BCUT2D eigenvalue weighted by Crippen LogP contribution is 2.32. The molecule has 2 aliphatic rings. The minimum Gasteiger partial charge on any atom is -0.465 e. The molecule has 0 atom stereocenters. The molecule has 1 aliphatic heterocycles. The van der Waals surface area contributed by atoms with Gasteiger partial charge < -0.3 is 14.5 Å². The number of rotatable bonds is 3. The van der Waals surface area contributed by atoms with Crippen LogP contribution >= 0.6 is 0 Å². The molecule has 4 rings (SSSR count). The molecule has 0 radical (unpaired) electrons. The van der Waals surface area contributed by atoms with Crippen LogP contribution in [-0.2, 0) is 9.47 Å². The van der Waals surface area contributed by atoms with E-state index in [-0.39, 0.29) is 0 Å². The average molecular weight is 319 g/mol. The Morgan fingerprint density at radius 3 is 2.92 bits per heavy atom. The number of ether oxygens (including phenoxy) is 2. The normalized spacial score (nSPS) is 16.6. The van der Waals surface area contributed by atoms with E-state index in [0.717, 1.165) is 46.9 Å². The van der Waals surface area contributed by atoms with Gasteiger partial charge in [-0.25, -0.2) is 4.98 Å². The Balaban J connectivity index is 1.64. The Kier molecular flexibility index (Phi) is 3.75. The SMILES string of the molecule is Cc1cccc(-c2nc[nH]c2C2=COC=C(C3=CC=CCC3)O2)n1. The van der Waals surface area contributed by atoms with E-state index in [9.17, 15) is 0 Å². The Labute approximate surface area is 140 Å². The number of hydrogen-bond donors (Lipinski definition) is 1. The highest BCUT2D eigenvalue weighted by atomic mass is 16.5. The maximum atomic E-state index is 6.06. The lowest BCUT2D eigenvalue weighted by molar-refractivity contribution is 0.284. The minimum absolute atomic E-state index is 0.596. The van der Waals surface area contributed by atoms with E-state index < -0.39 is 0 Å². The summed E-state index contributed by atoms with van der Waals surface area (Å²) in [6.07, 6.45) is 13.0. The molecule has 0 unspecified atom stereocenters. The molecule has 0 saturated heterocycles. The Morgan fingerprint density at radius 2 is 2.08 bits per heavy atom. The van der Waals surface area contributed by atoms with Crippen LogP contribution in [0.25, 0.3) is 17.1 Å². The van der Waals surface area contributed by atoms with Crippen molar-refractivity contribution in [2.45, 2.75) is 19.8 Å². The Hall–Kier alpha value is -3.08. The number of pyridine rings is 1. The van der Waals surface area contributed by atoms with Crippen LogP contribution in [0.2, 0.25) is 0 Å². The molecule has 2 aromatic rings. The lowest BCUT2D eigenvalue weighted by atomic mass is 10.0. The van der Waals surface area contributed by atoms with Crippen molar-refractivity contribution in [3.05, 3.63) is 78.0 Å². The van der Waals surface area contributed by atoms with E-state index in [1.807, 2.05) is 31.2 Å². The molecule has 0 bridgehead atoms. The van der Waals surface area contributed by atoms with Gasteiger partial charge in [0.15, 0.2) is 11.5 Å². The van der Waals surface area contributed by atoms with E-state index >= 15 is 0 Å². The summed E-state index contributed by atoms with van der Waals surface area (Å²) in [7, 11) is 0. The maximum Gasteiger partial charge on any atom is 0.188 e. The topological polar surface area (TPSA) is 60.0 Å². The first kappa shape index (κ1) is 14.5. The van der Waals surface area contributed by atoms with Crippen LogP contribution in [0, 0.1) is 6.92 Å². The standard InChI is InChI=1S/C19H17N3O2/c1-13-6-5-9-15(22-13)18-19(21-12-20-18)17-11-23-10-16(24-17)14-7-3-2-4-8-14/h2-3,5-7,9-12H,4,8H2,1H3,(H,20,21). The number of hydrogen-bond acceptors (Lipinski definition) is 4. The summed E-state index contributed by atoms with van der Waals surface area (Å²) in [6, 6.07) is 5.86. The third kappa shape index (κ3) is 2.76. The number of aryl methyl sites for hydroxylation is 1. The van der Waals surface area contributed by atoms with Gasteiger partial charge in [0.2, 0.25) is 0 Å². The lowest BCUT2D eigenvalue weighted by Gasteiger charge is -2.19. The zero-order valence-electron chi connectivity index (χ0n) is 13.3. The van der Waals surface area contributed by atoms with Crippen molar-refractivity contribution in [3.63, 3.8) is 0 Å². The van der Waals surface area contributed by atoms with Gasteiger partial charge in [-0.2, -0.15) is 0 Å². The highest BCUT2D eigenvalue weighted by Gasteiger charge is 2.21. The third-order valence-electron chi connectivity index (χ3n) is 3.92. The summed E-state index contributed by atoms with van der Waals surface area (Å²) in [5.74, 6) is 1.33. The molecule has 1 aliphatic carbocycles. The molecule has 120 valence electrons. The zero-order valence-corrected chi connectivity index (χ0v) is 13.3. The molecule has 0 fully saturated rings. The largest absolute Gasteiger partial charge is 0.465 e. The van der Waals surface area contributed by atoms with Crippen LogP contribution in [0.5, 0.6) is 0 Å². The quantitative estimate of drug-likeness (QED) is 0.919. The first-order valence-electron chi connectivity index (χ1n) is 7.89. The molecule has 0 spiro atoms. The number of nitrogens with zero attached hydrogens (tertiary/aromatic N) is 2. The van der Waals surface area contributed by atoms with Crippen LogP contribution in [0.3, 0.4) is 0 Å². The predicted molar refractivity (Wildman–Crippen MR) is 91.2 cm³/mol. The summed E-state index contributed by atoms with van der Waals surface area (Å²) in [4.78, 5) is 12.1. The van der Waals surface area contributed by atoms with Gasteiger partial charge in [-0.1, -0.05) is 24.3 Å². The zero-order chi connectivity index (χ0) is 16.4. The van der Waals surface area contributed by atoms with Crippen molar-refractivity contribution >= 4 is 5.76 Å². The second-order valence-electron chi connectivity index (χ2n) is 5.65. The van der Waals surface area contributed by atoms with E-state index in [1.54, 1.807) is 18.9 Å². The number of nitrogens with one attached hydrogen (secondary N) is 1. The predicted octanol–water partition coefficient (Wildman–Crippen LogP) is 4.24. The van der Waals surface area contributed by atoms with Gasteiger partial charge in [0, 0.05) is 5.69 Å². The highest BCUT2D eigenvalue weighted by molar-refractivity contribution is 5.72. The molecular formula is C19H17N3O2. The molecule has 0 amide bonds. The number of H-pyrrole nitrogens is 1. The van der Waals surface area contributed by atoms with Gasteiger partial charge in [-0.05, 0) is 37.5 Å². The van der Waals surface area contributed by atoms with E-state index in [0.29, 0.717) is 5.76 Å². The maximum absolute atomic E-state index is 6.06. The van der Waals surface area contributed by atoms with Crippen LogP contribution in [-0.4, -0.2) is 15.0 Å². The van der Waals surface area contributed by atoms with Crippen molar-refractivity contribution in [2.24, 2.45) is 0 Å².